The van der Waals surface area contributed by atoms with Crippen LogP contribution in [0.4, 0.5) is 8.78 Å². The number of halogens is 2. The minimum absolute atomic E-state index is 0.129. The quantitative estimate of drug-likeness (QED) is 0.682. The molecule has 3 rings (SSSR count). The SMILES string of the molecule is CCCC1CCC(c2ccc(CC3CN(C)C(F)(F)N3C)cc2)CC1. The van der Waals surface area contributed by atoms with Gasteiger partial charge in [0.1, 0.15) is 0 Å². The molecule has 2 aliphatic rings. The van der Waals surface area contributed by atoms with Crippen molar-refractivity contribution in [2.75, 3.05) is 20.6 Å². The summed E-state index contributed by atoms with van der Waals surface area (Å²) < 4.78 is 27.9. The Hall–Kier alpha value is -1.00. The second-order valence-corrected chi connectivity index (χ2v) is 8.11. The van der Waals surface area contributed by atoms with Gasteiger partial charge in [0, 0.05) is 12.6 Å². The van der Waals surface area contributed by atoms with Crippen molar-refractivity contribution >= 4 is 0 Å². The van der Waals surface area contributed by atoms with Gasteiger partial charge in [-0.25, -0.2) is 9.80 Å². The summed E-state index contributed by atoms with van der Waals surface area (Å²) in [6.45, 7) is 2.69. The zero-order chi connectivity index (χ0) is 18.0. The predicted molar refractivity (Wildman–Crippen MR) is 98.9 cm³/mol. The molecule has 1 saturated heterocycles. The number of hydrogen-bond donors (Lipinski definition) is 0. The van der Waals surface area contributed by atoms with E-state index in [-0.39, 0.29) is 6.04 Å². The van der Waals surface area contributed by atoms with Crippen LogP contribution >= 0.6 is 0 Å². The molecule has 4 heteroatoms. The summed E-state index contributed by atoms with van der Waals surface area (Å²) in [5, 5.41) is 0. The molecule has 1 aliphatic heterocycles. The van der Waals surface area contributed by atoms with Gasteiger partial charge >= 0.3 is 6.17 Å². The van der Waals surface area contributed by atoms with Crippen LogP contribution in [-0.2, 0) is 6.42 Å². The molecule has 1 aliphatic carbocycles. The van der Waals surface area contributed by atoms with Crippen LogP contribution < -0.4 is 0 Å². The minimum Gasteiger partial charge on any atom is -0.232 e. The minimum atomic E-state index is -2.83. The number of likely N-dealkylation sites (N-methyl/N-ethyl adjacent to an activating group) is 2. The van der Waals surface area contributed by atoms with Gasteiger partial charge in [0.2, 0.25) is 0 Å². The summed E-state index contributed by atoms with van der Waals surface area (Å²) >= 11 is 0. The lowest BCUT2D eigenvalue weighted by Gasteiger charge is -2.29. The Morgan fingerprint density at radius 3 is 2.20 bits per heavy atom. The van der Waals surface area contributed by atoms with Gasteiger partial charge in [-0.05, 0) is 69.2 Å². The van der Waals surface area contributed by atoms with E-state index < -0.39 is 6.17 Å². The lowest BCUT2D eigenvalue weighted by molar-refractivity contribution is -0.198. The second kappa shape index (κ2) is 7.71. The summed E-state index contributed by atoms with van der Waals surface area (Å²) in [6.07, 6.45) is 5.83. The Morgan fingerprint density at radius 2 is 1.68 bits per heavy atom. The van der Waals surface area contributed by atoms with Gasteiger partial charge in [0.05, 0.1) is 0 Å². The van der Waals surface area contributed by atoms with Crippen LogP contribution in [-0.4, -0.2) is 42.7 Å². The van der Waals surface area contributed by atoms with Gasteiger partial charge in [-0.1, -0.05) is 44.0 Å². The standard InChI is InChI=1S/C21H32F2N2/c1-4-5-16-6-10-18(11-7-16)19-12-8-17(9-13-19)14-20-15-24(2)21(22,23)25(20)3/h8-9,12-13,16,18,20H,4-7,10-11,14-15H2,1-3H3. The summed E-state index contributed by atoms with van der Waals surface area (Å²) in [6, 6.07) is 8.64. The van der Waals surface area contributed by atoms with Crippen LogP contribution in [0.15, 0.2) is 24.3 Å². The fourth-order valence-electron chi connectivity index (χ4n) is 4.63. The van der Waals surface area contributed by atoms with E-state index in [0.717, 1.165) is 16.4 Å². The maximum atomic E-state index is 13.9. The maximum Gasteiger partial charge on any atom is 0.369 e. The Labute approximate surface area is 151 Å². The summed E-state index contributed by atoms with van der Waals surface area (Å²) in [5.41, 5.74) is 2.59. The summed E-state index contributed by atoms with van der Waals surface area (Å²) in [5.74, 6) is 1.61. The van der Waals surface area contributed by atoms with Crippen LogP contribution in [0.2, 0.25) is 0 Å². The Morgan fingerprint density at radius 1 is 1.04 bits per heavy atom. The van der Waals surface area contributed by atoms with E-state index in [1.807, 2.05) is 0 Å². The normalized spacial score (nSPS) is 30.7. The fraction of sp³-hybridized carbons (Fsp3) is 0.714. The zero-order valence-corrected chi connectivity index (χ0v) is 15.8. The van der Waals surface area contributed by atoms with Crippen LogP contribution in [0.3, 0.4) is 0 Å². The molecule has 1 saturated carbocycles. The molecule has 0 spiro atoms. The molecule has 1 unspecified atom stereocenters. The van der Waals surface area contributed by atoms with E-state index >= 15 is 0 Å². The molecule has 0 radical (unpaired) electrons. The number of nitrogens with zero attached hydrogens (tertiary/aromatic N) is 2. The Kier molecular flexibility index (Phi) is 5.79. The Balaban J connectivity index is 1.56. The average Bonchev–Trinajstić information content (AvgIpc) is 2.80. The number of rotatable bonds is 5. The molecular formula is C21H32F2N2. The summed E-state index contributed by atoms with van der Waals surface area (Å²) in [7, 11) is 3.02. The van der Waals surface area contributed by atoms with E-state index in [0.29, 0.717) is 18.9 Å². The van der Waals surface area contributed by atoms with Crippen molar-refractivity contribution in [2.24, 2.45) is 5.92 Å². The number of alkyl halides is 2. The molecule has 0 aromatic heterocycles. The highest BCUT2D eigenvalue weighted by Gasteiger charge is 2.49. The highest BCUT2D eigenvalue weighted by molar-refractivity contribution is 5.26. The molecule has 1 aromatic rings. The summed E-state index contributed by atoms with van der Waals surface area (Å²) in [4.78, 5) is 2.34. The smallest absolute Gasteiger partial charge is 0.232 e. The van der Waals surface area contributed by atoms with Crippen LogP contribution in [0.25, 0.3) is 0 Å². The predicted octanol–water partition coefficient (Wildman–Crippen LogP) is 5.10. The van der Waals surface area contributed by atoms with Gasteiger partial charge in [0.15, 0.2) is 0 Å². The monoisotopic (exact) mass is 350 g/mol. The van der Waals surface area contributed by atoms with E-state index in [9.17, 15) is 8.78 Å². The van der Waals surface area contributed by atoms with E-state index in [4.69, 9.17) is 0 Å². The number of benzene rings is 1. The van der Waals surface area contributed by atoms with Gasteiger partial charge < -0.3 is 0 Å². The first-order chi connectivity index (χ1) is 11.9. The lowest BCUT2D eigenvalue weighted by atomic mass is 9.77. The molecule has 1 heterocycles. The third-order valence-electron chi connectivity index (χ3n) is 6.38. The third kappa shape index (κ3) is 4.06. The number of hydrogen-bond acceptors (Lipinski definition) is 2. The molecule has 2 nitrogen and oxygen atoms in total. The van der Waals surface area contributed by atoms with Gasteiger partial charge in [-0.2, -0.15) is 8.78 Å². The van der Waals surface area contributed by atoms with Crippen molar-refractivity contribution in [2.45, 2.75) is 70.0 Å². The van der Waals surface area contributed by atoms with Crippen molar-refractivity contribution in [1.29, 1.82) is 0 Å². The highest BCUT2D eigenvalue weighted by Crippen LogP contribution is 2.38. The van der Waals surface area contributed by atoms with Crippen molar-refractivity contribution < 1.29 is 8.78 Å². The average molecular weight is 350 g/mol. The van der Waals surface area contributed by atoms with E-state index in [1.165, 1.54) is 63.1 Å². The van der Waals surface area contributed by atoms with Crippen LogP contribution in [0.5, 0.6) is 0 Å². The molecule has 140 valence electrons. The molecule has 0 amide bonds. The van der Waals surface area contributed by atoms with Crippen molar-refractivity contribution in [1.82, 2.24) is 9.80 Å². The molecular weight excluding hydrogens is 318 g/mol. The topological polar surface area (TPSA) is 6.48 Å². The molecule has 0 N–H and O–H groups in total. The van der Waals surface area contributed by atoms with E-state index in [2.05, 4.69) is 31.2 Å². The second-order valence-electron chi connectivity index (χ2n) is 8.11. The largest absolute Gasteiger partial charge is 0.369 e. The molecule has 2 fully saturated rings. The maximum absolute atomic E-state index is 13.9. The molecule has 0 bridgehead atoms. The Bertz CT molecular complexity index is 550. The van der Waals surface area contributed by atoms with Crippen molar-refractivity contribution in [3.63, 3.8) is 0 Å². The molecule has 25 heavy (non-hydrogen) atoms. The first-order valence-corrected chi connectivity index (χ1v) is 9.82. The molecule has 1 aromatic carbocycles. The van der Waals surface area contributed by atoms with Gasteiger partial charge in [-0.3, -0.25) is 0 Å². The van der Waals surface area contributed by atoms with Gasteiger partial charge in [-0.15, -0.1) is 0 Å². The first-order valence-electron chi connectivity index (χ1n) is 9.82. The first kappa shape index (κ1) is 18.8. The van der Waals surface area contributed by atoms with Crippen LogP contribution in [0.1, 0.15) is 62.5 Å². The third-order valence-corrected chi connectivity index (χ3v) is 6.38. The fourth-order valence-corrected chi connectivity index (χ4v) is 4.63. The highest BCUT2D eigenvalue weighted by atomic mass is 19.3. The zero-order valence-electron chi connectivity index (χ0n) is 15.8. The van der Waals surface area contributed by atoms with E-state index in [1.54, 1.807) is 0 Å². The van der Waals surface area contributed by atoms with Crippen molar-refractivity contribution in [3.8, 4) is 0 Å². The van der Waals surface area contributed by atoms with Crippen LogP contribution in [0, 0.1) is 5.92 Å². The van der Waals surface area contributed by atoms with Gasteiger partial charge in [0.25, 0.3) is 0 Å². The lowest BCUT2D eigenvalue weighted by Crippen LogP contribution is -2.43. The molecule has 1 atom stereocenters. The van der Waals surface area contributed by atoms with Crippen molar-refractivity contribution in [3.05, 3.63) is 35.4 Å².